The first kappa shape index (κ1) is 15.5. The van der Waals surface area contributed by atoms with Crippen molar-refractivity contribution in [3.63, 3.8) is 0 Å². The largest absolute Gasteiger partial charge is 0.375 e. The highest BCUT2D eigenvalue weighted by atomic mass is 32.1. The molecule has 1 saturated heterocycles. The topological polar surface area (TPSA) is 68.5 Å². The number of nitrogens with two attached hydrogens (primary N) is 1. The van der Waals surface area contributed by atoms with Crippen LogP contribution in [0.1, 0.15) is 38.3 Å². The van der Waals surface area contributed by atoms with Gasteiger partial charge in [0.2, 0.25) is 5.91 Å². The predicted octanol–water partition coefficient (Wildman–Crippen LogP) is 2.39. The van der Waals surface area contributed by atoms with E-state index in [4.69, 9.17) is 10.5 Å². The molecule has 0 bridgehead atoms. The highest BCUT2D eigenvalue weighted by Crippen LogP contribution is 2.33. The molecule has 1 fully saturated rings. The summed E-state index contributed by atoms with van der Waals surface area (Å²) in [5.41, 5.74) is 7.81. The molecular formula is C16H23N3O2S. The maximum atomic E-state index is 12.3. The number of hydrogen-bond acceptors (Lipinski definition) is 5. The zero-order chi connectivity index (χ0) is 15.6. The summed E-state index contributed by atoms with van der Waals surface area (Å²) >= 11 is 1.43. The molecule has 2 N–H and O–H groups in total. The third-order valence-electron chi connectivity index (χ3n) is 4.52. The van der Waals surface area contributed by atoms with Gasteiger partial charge in [-0.15, -0.1) is 11.3 Å². The normalized spacial score (nSPS) is 21.0. The van der Waals surface area contributed by atoms with Crippen LogP contribution in [0.5, 0.6) is 0 Å². The van der Waals surface area contributed by atoms with Crippen molar-refractivity contribution in [3.8, 4) is 0 Å². The fourth-order valence-electron chi connectivity index (χ4n) is 3.23. The molecule has 6 heteroatoms. The third kappa shape index (κ3) is 3.50. The van der Waals surface area contributed by atoms with Gasteiger partial charge in [-0.05, 0) is 32.6 Å². The number of hydrogen-bond donors (Lipinski definition) is 1. The van der Waals surface area contributed by atoms with Crippen LogP contribution in [0.3, 0.4) is 0 Å². The van der Waals surface area contributed by atoms with Crippen molar-refractivity contribution in [1.82, 2.24) is 9.88 Å². The van der Waals surface area contributed by atoms with Gasteiger partial charge in [-0.3, -0.25) is 4.79 Å². The summed E-state index contributed by atoms with van der Waals surface area (Å²) in [4.78, 5) is 18.5. The van der Waals surface area contributed by atoms with Crippen molar-refractivity contribution < 1.29 is 9.53 Å². The zero-order valence-electron chi connectivity index (χ0n) is 13.0. The van der Waals surface area contributed by atoms with Gasteiger partial charge in [0.05, 0.1) is 17.9 Å². The average Bonchev–Trinajstić information content (AvgIpc) is 2.91. The molecule has 1 spiro atoms. The van der Waals surface area contributed by atoms with E-state index in [0.717, 1.165) is 44.7 Å². The van der Waals surface area contributed by atoms with Crippen molar-refractivity contribution >= 4 is 22.4 Å². The van der Waals surface area contributed by atoms with E-state index in [1.807, 2.05) is 10.3 Å². The smallest absolute Gasteiger partial charge is 0.222 e. The number of ether oxygens (including phenoxy) is 1. The number of piperidine rings is 1. The standard InChI is InChI=1S/C16H23N3O2S/c1-12-4-9-21-16(10-12)5-7-19(8-6-16)14(20)3-2-13-11-22-15(17)18-13/h10-11H,2-9H2,1H3,(H2,17,18). The number of anilines is 1. The van der Waals surface area contributed by atoms with E-state index in [0.29, 0.717) is 18.0 Å². The summed E-state index contributed by atoms with van der Waals surface area (Å²) in [5, 5.41) is 2.50. The van der Waals surface area contributed by atoms with Gasteiger partial charge < -0.3 is 15.4 Å². The molecule has 0 saturated carbocycles. The number of carbonyl (C=O) groups excluding carboxylic acids is 1. The van der Waals surface area contributed by atoms with Crippen LogP contribution in [-0.2, 0) is 16.0 Å². The number of aromatic nitrogens is 1. The van der Waals surface area contributed by atoms with E-state index >= 15 is 0 Å². The van der Waals surface area contributed by atoms with E-state index < -0.39 is 0 Å². The fraction of sp³-hybridized carbons (Fsp3) is 0.625. The van der Waals surface area contributed by atoms with Crippen molar-refractivity contribution in [1.29, 1.82) is 0 Å². The van der Waals surface area contributed by atoms with E-state index in [1.165, 1.54) is 16.9 Å². The zero-order valence-corrected chi connectivity index (χ0v) is 13.8. The maximum Gasteiger partial charge on any atom is 0.222 e. The van der Waals surface area contributed by atoms with Gasteiger partial charge in [0.15, 0.2) is 5.13 Å². The third-order valence-corrected chi connectivity index (χ3v) is 5.25. The molecule has 0 aliphatic carbocycles. The Bertz CT molecular complexity index is 574. The summed E-state index contributed by atoms with van der Waals surface area (Å²) in [7, 11) is 0. The molecular weight excluding hydrogens is 298 g/mol. The summed E-state index contributed by atoms with van der Waals surface area (Å²) in [6.07, 6.45) is 6.28. The number of nitrogen functional groups attached to an aromatic ring is 1. The second kappa shape index (κ2) is 6.38. The highest BCUT2D eigenvalue weighted by molar-refractivity contribution is 7.13. The van der Waals surface area contributed by atoms with Gasteiger partial charge >= 0.3 is 0 Å². The minimum absolute atomic E-state index is 0.123. The lowest BCUT2D eigenvalue weighted by molar-refractivity contribution is -0.136. The first-order chi connectivity index (χ1) is 10.6. The number of rotatable bonds is 3. The summed E-state index contributed by atoms with van der Waals surface area (Å²) in [6.45, 7) is 4.53. The van der Waals surface area contributed by atoms with Crippen LogP contribution in [0.15, 0.2) is 17.0 Å². The van der Waals surface area contributed by atoms with Gasteiger partial charge in [-0.1, -0.05) is 11.6 Å². The minimum atomic E-state index is -0.123. The predicted molar refractivity (Wildman–Crippen MR) is 87.7 cm³/mol. The van der Waals surface area contributed by atoms with Crippen molar-refractivity contribution in [3.05, 3.63) is 22.7 Å². The summed E-state index contributed by atoms with van der Waals surface area (Å²) < 4.78 is 6.00. The summed E-state index contributed by atoms with van der Waals surface area (Å²) in [5.74, 6) is 0.206. The number of amides is 1. The van der Waals surface area contributed by atoms with Crippen LogP contribution < -0.4 is 5.73 Å². The van der Waals surface area contributed by atoms with E-state index in [2.05, 4.69) is 18.0 Å². The molecule has 3 rings (SSSR count). The number of thiazole rings is 1. The fourth-order valence-corrected chi connectivity index (χ4v) is 3.83. The molecule has 2 aliphatic heterocycles. The molecule has 2 aliphatic rings. The lowest BCUT2D eigenvalue weighted by Crippen LogP contribution is -2.48. The second-order valence-corrected chi connectivity index (χ2v) is 7.10. The van der Waals surface area contributed by atoms with Crippen LogP contribution >= 0.6 is 11.3 Å². The number of carbonyl (C=O) groups is 1. The molecule has 120 valence electrons. The van der Waals surface area contributed by atoms with E-state index in [1.54, 1.807) is 0 Å². The number of aryl methyl sites for hydroxylation is 1. The molecule has 1 amide bonds. The van der Waals surface area contributed by atoms with Crippen LogP contribution in [0, 0.1) is 0 Å². The average molecular weight is 321 g/mol. The van der Waals surface area contributed by atoms with Crippen molar-refractivity contribution in [2.45, 2.75) is 44.6 Å². The molecule has 22 heavy (non-hydrogen) atoms. The van der Waals surface area contributed by atoms with Crippen LogP contribution in [0.4, 0.5) is 5.13 Å². The Morgan fingerprint density at radius 2 is 2.27 bits per heavy atom. The number of likely N-dealkylation sites (tertiary alicyclic amines) is 1. The Morgan fingerprint density at radius 3 is 2.91 bits per heavy atom. The van der Waals surface area contributed by atoms with Crippen LogP contribution in [-0.4, -0.2) is 41.1 Å². The van der Waals surface area contributed by atoms with Crippen molar-refractivity contribution in [2.24, 2.45) is 0 Å². The molecule has 5 nitrogen and oxygen atoms in total. The first-order valence-electron chi connectivity index (χ1n) is 7.86. The number of nitrogens with zero attached hydrogens (tertiary/aromatic N) is 2. The quantitative estimate of drug-likeness (QED) is 0.868. The Balaban J connectivity index is 1.50. The Morgan fingerprint density at radius 1 is 1.50 bits per heavy atom. The second-order valence-electron chi connectivity index (χ2n) is 6.21. The highest BCUT2D eigenvalue weighted by Gasteiger charge is 2.36. The molecule has 0 radical (unpaired) electrons. The Kier molecular flexibility index (Phi) is 4.49. The molecule has 0 atom stereocenters. The SMILES string of the molecule is CC1=CC2(CCN(C(=O)CCc3csc(N)n3)CC2)OCC1. The minimum Gasteiger partial charge on any atom is -0.375 e. The van der Waals surface area contributed by atoms with E-state index in [9.17, 15) is 4.79 Å². The van der Waals surface area contributed by atoms with Gasteiger partial charge in [-0.2, -0.15) is 0 Å². The van der Waals surface area contributed by atoms with Gasteiger partial charge in [0, 0.05) is 24.9 Å². The van der Waals surface area contributed by atoms with Gasteiger partial charge in [0.25, 0.3) is 0 Å². The van der Waals surface area contributed by atoms with Crippen molar-refractivity contribution in [2.75, 3.05) is 25.4 Å². The molecule has 3 heterocycles. The maximum absolute atomic E-state index is 12.3. The molecule has 1 aromatic rings. The lowest BCUT2D eigenvalue weighted by Gasteiger charge is -2.42. The van der Waals surface area contributed by atoms with E-state index in [-0.39, 0.29) is 11.5 Å². The molecule has 0 unspecified atom stereocenters. The van der Waals surface area contributed by atoms with Gasteiger partial charge in [0.1, 0.15) is 0 Å². The first-order valence-corrected chi connectivity index (χ1v) is 8.74. The molecule has 1 aromatic heterocycles. The van der Waals surface area contributed by atoms with Crippen LogP contribution in [0.25, 0.3) is 0 Å². The van der Waals surface area contributed by atoms with Crippen LogP contribution in [0.2, 0.25) is 0 Å². The monoisotopic (exact) mass is 321 g/mol. The molecule has 0 aromatic carbocycles. The lowest BCUT2D eigenvalue weighted by atomic mass is 9.87. The Labute approximate surface area is 135 Å². The van der Waals surface area contributed by atoms with Gasteiger partial charge in [-0.25, -0.2) is 4.98 Å². The summed E-state index contributed by atoms with van der Waals surface area (Å²) in [6, 6.07) is 0. The Hall–Kier alpha value is -1.40.